The van der Waals surface area contributed by atoms with Gasteiger partial charge in [-0.15, -0.1) is 11.8 Å². The molecule has 340 valence electrons. The van der Waals surface area contributed by atoms with Gasteiger partial charge in [-0.25, -0.2) is 28.1 Å². The molecular weight excluding hydrogens is 844 g/mol. The molecule has 0 radical (unpaired) electrons. The number of carbonyl (C=O) groups is 4. The highest BCUT2D eigenvalue weighted by Crippen LogP contribution is 2.34. The molecule has 13 nitrogen and oxygen atoms in total. The van der Waals surface area contributed by atoms with E-state index in [4.69, 9.17) is 0 Å². The molecule has 2 saturated heterocycles. The van der Waals surface area contributed by atoms with Gasteiger partial charge in [0, 0.05) is 71.7 Å². The molecule has 0 spiro atoms. The number of likely N-dealkylation sites (N-methyl/N-ethyl adjacent to an activating group) is 2. The molecule has 4 heterocycles. The number of hydrogen-bond acceptors (Lipinski definition) is 12. The molecule has 5 aromatic rings. The number of anilines is 3. The van der Waals surface area contributed by atoms with E-state index in [1.165, 1.54) is 12.1 Å². The SMILES string of the molecule is CNC(=O)C(CCC=O)NC.Cc1nc2c(F)cc(-c3nc(Nc4ccc(SC5CCN(CC6CCN(c7cc(C=O)c(C=O)cc7F)CC6)CC5)cc4)ncc3F)cc2n1C(C)C. The molecule has 0 aliphatic carbocycles. The van der Waals surface area contributed by atoms with Crippen molar-refractivity contribution >= 4 is 64.9 Å². The number of benzene rings is 3. The van der Waals surface area contributed by atoms with Crippen LogP contribution in [0.5, 0.6) is 0 Å². The lowest BCUT2D eigenvalue weighted by Gasteiger charge is -2.38. The lowest BCUT2D eigenvalue weighted by Crippen LogP contribution is -2.42. The van der Waals surface area contributed by atoms with E-state index in [2.05, 4.69) is 47.9 Å². The monoisotopic (exact) mass is 899 g/mol. The van der Waals surface area contributed by atoms with Crippen molar-refractivity contribution in [1.29, 1.82) is 0 Å². The number of nitrogens with one attached hydrogen (secondary N) is 3. The Bertz CT molecular complexity index is 2420. The number of aldehydes is 3. The fourth-order valence-electron chi connectivity index (χ4n) is 8.41. The Morgan fingerprint density at radius 3 is 2.19 bits per heavy atom. The third-order valence-electron chi connectivity index (χ3n) is 11.8. The predicted molar refractivity (Wildman–Crippen MR) is 245 cm³/mol. The molecule has 1 atom stereocenters. The third kappa shape index (κ3) is 11.7. The maximum absolute atomic E-state index is 15.1. The molecule has 3 N–H and O–H groups in total. The maximum atomic E-state index is 15.1. The van der Waals surface area contributed by atoms with Crippen LogP contribution < -0.4 is 20.9 Å². The Labute approximate surface area is 376 Å². The van der Waals surface area contributed by atoms with Gasteiger partial charge < -0.3 is 35.1 Å². The molecular formula is C47H56F3N9O4S. The first-order valence-corrected chi connectivity index (χ1v) is 22.5. The third-order valence-corrected chi connectivity index (χ3v) is 13.1. The second-order valence-corrected chi connectivity index (χ2v) is 17.8. The van der Waals surface area contributed by atoms with Gasteiger partial charge in [-0.3, -0.25) is 14.4 Å². The second kappa shape index (κ2) is 22.3. The molecule has 1 unspecified atom stereocenters. The molecule has 2 fully saturated rings. The number of halogens is 3. The summed E-state index contributed by atoms with van der Waals surface area (Å²) in [5, 5.41) is 8.99. The van der Waals surface area contributed by atoms with Crippen LogP contribution in [0.2, 0.25) is 0 Å². The van der Waals surface area contributed by atoms with Gasteiger partial charge in [0.1, 0.15) is 29.1 Å². The Balaban J connectivity index is 0.000000547. The average molecular weight is 900 g/mol. The second-order valence-electron chi connectivity index (χ2n) is 16.4. The number of thioether (sulfide) groups is 1. The number of amides is 1. The van der Waals surface area contributed by atoms with Crippen LogP contribution >= 0.6 is 11.8 Å². The van der Waals surface area contributed by atoms with E-state index in [1.54, 1.807) is 20.2 Å². The first kappa shape index (κ1) is 47.8. The molecule has 2 aliphatic heterocycles. The largest absolute Gasteiger partial charge is 0.369 e. The molecule has 17 heteroatoms. The van der Waals surface area contributed by atoms with Gasteiger partial charge in [0.15, 0.2) is 24.2 Å². The van der Waals surface area contributed by atoms with Crippen molar-refractivity contribution in [2.24, 2.45) is 5.92 Å². The van der Waals surface area contributed by atoms with Crippen molar-refractivity contribution in [3.8, 4) is 11.3 Å². The number of piperidine rings is 2. The van der Waals surface area contributed by atoms with E-state index >= 15 is 4.39 Å². The van der Waals surface area contributed by atoms with Crippen molar-refractivity contribution in [1.82, 2.24) is 35.1 Å². The van der Waals surface area contributed by atoms with Crippen molar-refractivity contribution < 1.29 is 32.3 Å². The van der Waals surface area contributed by atoms with Gasteiger partial charge in [-0.05, 0) is 127 Å². The Morgan fingerprint density at radius 1 is 0.875 bits per heavy atom. The summed E-state index contributed by atoms with van der Waals surface area (Å²) >= 11 is 1.87. The smallest absolute Gasteiger partial charge is 0.236 e. The normalized spacial score (nSPS) is 15.4. The highest BCUT2D eigenvalue weighted by atomic mass is 32.2. The highest BCUT2D eigenvalue weighted by molar-refractivity contribution is 8.00. The zero-order valence-electron chi connectivity index (χ0n) is 36.9. The summed E-state index contributed by atoms with van der Waals surface area (Å²) in [6.07, 6.45) is 8.07. The summed E-state index contributed by atoms with van der Waals surface area (Å²) in [7, 11) is 3.28. The Kier molecular flexibility index (Phi) is 16.7. The molecule has 0 bridgehead atoms. The molecule has 3 aromatic carbocycles. The van der Waals surface area contributed by atoms with Crippen LogP contribution in [-0.4, -0.2) is 107 Å². The minimum absolute atomic E-state index is 0.00765. The van der Waals surface area contributed by atoms with Crippen LogP contribution in [-0.2, 0) is 9.59 Å². The quantitative estimate of drug-likeness (QED) is 0.0824. The van der Waals surface area contributed by atoms with E-state index < -0.39 is 17.5 Å². The number of carbonyl (C=O) groups excluding carboxylic acids is 4. The zero-order valence-corrected chi connectivity index (χ0v) is 37.7. The van der Waals surface area contributed by atoms with Crippen LogP contribution in [0.3, 0.4) is 0 Å². The van der Waals surface area contributed by atoms with Crippen molar-refractivity contribution in [2.75, 3.05) is 57.0 Å². The van der Waals surface area contributed by atoms with E-state index in [0.717, 1.165) is 74.4 Å². The van der Waals surface area contributed by atoms with E-state index in [9.17, 15) is 28.0 Å². The standard InChI is InChI=1S/C40H42F3N7O2S.C7H14N2O2/c1-24(2)50-25(3)45-39-34(42)16-27(18-37(39)50)38-35(43)20-44-40(47-38)46-30-4-6-31(7-5-30)53-32-10-12-48(13-11-32)21-26-8-14-49(15-9-26)36-19-29(23-52)28(22-51)17-33(36)41;1-8-6(4-3-5-10)7(11)9-2/h4-7,16-20,22-24,26,32H,8-15,21H2,1-3H3,(H,44,46,47);5-6,8H,3-4H2,1-2H3,(H,9,11). The lowest BCUT2D eigenvalue weighted by atomic mass is 9.94. The lowest BCUT2D eigenvalue weighted by molar-refractivity contribution is -0.122. The van der Waals surface area contributed by atoms with Gasteiger partial charge >= 0.3 is 0 Å². The molecule has 0 saturated carbocycles. The number of hydrogen-bond donors (Lipinski definition) is 3. The topological polar surface area (TPSA) is 154 Å². The van der Waals surface area contributed by atoms with Crippen molar-refractivity contribution in [3.63, 3.8) is 0 Å². The fourth-order valence-corrected chi connectivity index (χ4v) is 9.54. The molecule has 2 aliphatic rings. The Hall–Kier alpha value is -5.65. The zero-order chi connectivity index (χ0) is 45.9. The number of imidazole rings is 1. The van der Waals surface area contributed by atoms with Gasteiger partial charge in [0.2, 0.25) is 11.9 Å². The number of fused-ring (bicyclic) bond motifs is 1. The first-order chi connectivity index (χ1) is 30.8. The van der Waals surface area contributed by atoms with E-state index in [1.807, 2.05) is 54.1 Å². The van der Waals surface area contributed by atoms with Crippen LogP contribution in [0, 0.1) is 30.3 Å². The molecule has 7 rings (SSSR count). The Morgan fingerprint density at radius 2 is 1.56 bits per heavy atom. The molecule has 64 heavy (non-hydrogen) atoms. The number of aryl methyl sites for hydroxylation is 1. The minimum atomic E-state index is -0.643. The van der Waals surface area contributed by atoms with Crippen molar-refractivity contribution in [2.45, 2.75) is 81.5 Å². The number of likely N-dealkylation sites (tertiary alicyclic amines) is 1. The van der Waals surface area contributed by atoms with Gasteiger partial charge in [0.25, 0.3) is 0 Å². The summed E-state index contributed by atoms with van der Waals surface area (Å²) in [6.45, 7) is 10.3. The number of rotatable bonds is 16. The summed E-state index contributed by atoms with van der Waals surface area (Å²) in [4.78, 5) is 62.1. The van der Waals surface area contributed by atoms with Crippen LogP contribution in [0.25, 0.3) is 22.3 Å². The van der Waals surface area contributed by atoms with Crippen LogP contribution in [0.4, 0.5) is 30.5 Å². The maximum Gasteiger partial charge on any atom is 0.236 e. The number of nitrogens with zero attached hydrogens (tertiary/aromatic N) is 6. The van der Waals surface area contributed by atoms with E-state index in [-0.39, 0.29) is 46.3 Å². The summed E-state index contributed by atoms with van der Waals surface area (Å²) in [5.74, 6) is -0.286. The molecule has 1 amide bonds. The minimum Gasteiger partial charge on any atom is -0.369 e. The first-order valence-electron chi connectivity index (χ1n) is 21.6. The summed E-state index contributed by atoms with van der Waals surface area (Å²) in [6, 6.07) is 13.5. The van der Waals surface area contributed by atoms with Crippen LogP contribution in [0.15, 0.2) is 59.6 Å². The van der Waals surface area contributed by atoms with Gasteiger partial charge in [-0.2, -0.15) is 0 Å². The summed E-state index contributed by atoms with van der Waals surface area (Å²) in [5.41, 5.74) is 2.61. The van der Waals surface area contributed by atoms with Crippen molar-refractivity contribution in [3.05, 3.63) is 89.1 Å². The van der Waals surface area contributed by atoms with Gasteiger partial charge in [-0.1, -0.05) is 0 Å². The fraction of sp³-hybridized carbons (Fsp3) is 0.426. The number of aromatic nitrogens is 4. The summed E-state index contributed by atoms with van der Waals surface area (Å²) < 4.78 is 46.7. The van der Waals surface area contributed by atoms with Gasteiger partial charge in [0.05, 0.1) is 23.4 Å². The van der Waals surface area contributed by atoms with Crippen LogP contribution in [0.1, 0.15) is 85.0 Å². The highest BCUT2D eigenvalue weighted by Gasteiger charge is 2.27. The molecule has 2 aromatic heterocycles. The average Bonchev–Trinajstić information content (AvgIpc) is 3.65. The van der Waals surface area contributed by atoms with E-state index in [0.29, 0.717) is 72.3 Å². The predicted octanol–water partition coefficient (Wildman–Crippen LogP) is 7.94.